The van der Waals surface area contributed by atoms with Crippen molar-refractivity contribution in [2.24, 2.45) is 0 Å². The molecule has 1 unspecified atom stereocenters. The van der Waals surface area contributed by atoms with Crippen LogP contribution in [0.3, 0.4) is 0 Å². The van der Waals surface area contributed by atoms with E-state index < -0.39 is 0 Å². The number of morpholine rings is 1. The third-order valence-corrected chi connectivity index (χ3v) is 5.68. The van der Waals surface area contributed by atoms with Crippen molar-refractivity contribution in [2.45, 2.75) is 44.2 Å². The van der Waals surface area contributed by atoms with Crippen molar-refractivity contribution >= 4 is 43.7 Å². The molecule has 1 aliphatic heterocycles. The lowest BCUT2D eigenvalue weighted by atomic mass is 9.91. The van der Waals surface area contributed by atoms with Gasteiger partial charge in [0.15, 0.2) is 0 Å². The summed E-state index contributed by atoms with van der Waals surface area (Å²) < 4.78 is 11.5. The molecule has 2 aromatic carbocycles. The van der Waals surface area contributed by atoms with E-state index in [1.807, 2.05) is 24.3 Å². The molecular weight excluding hydrogens is 390 g/mol. The van der Waals surface area contributed by atoms with E-state index in [4.69, 9.17) is 9.47 Å². The molecule has 1 saturated heterocycles. The molecule has 0 bridgehead atoms. The first-order valence-corrected chi connectivity index (χ1v) is 9.79. The molecular formula is C22H31NO3S2. The van der Waals surface area contributed by atoms with E-state index in [1.54, 1.807) is 0 Å². The van der Waals surface area contributed by atoms with Crippen LogP contribution in [0.5, 0.6) is 0 Å². The summed E-state index contributed by atoms with van der Waals surface area (Å²) in [6.45, 7) is 3.46. The standard InChI is InChI=1S/C22H27NO3.2H2S/c24-22(16-18-8-5-7-17-6-1-2-9-19(17)18)26-21-11-4-3-10-20(21)23-12-14-25-15-13-23;;/h1-2,5-9,20-21H,3-4,10-16H2;2*1H2/t20-,21?;;/m0../s1. The van der Waals surface area contributed by atoms with Crippen molar-refractivity contribution in [1.29, 1.82) is 0 Å². The van der Waals surface area contributed by atoms with Gasteiger partial charge in [0.1, 0.15) is 6.10 Å². The molecule has 0 aromatic heterocycles. The van der Waals surface area contributed by atoms with Crippen molar-refractivity contribution in [2.75, 3.05) is 26.3 Å². The highest BCUT2D eigenvalue weighted by atomic mass is 32.1. The SMILES string of the molecule is O=C(Cc1cccc2ccccc12)OC1CCCC[C@@H]1N1CCOCC1.S.S. The summed E-state index contributed by atoms with van der Waals surface area (Å²) in [6.07, 6.45) is 4.82. The fourth-order valence-corrected chi connectivity index (χ4v) is 4.35. The third kappa shape index (κ3) is 5.44. The van der Waals surface area contributed by atoms with E-state index in [0.717, 1.165) is 56.5 Å². The predicted octanol–water partition coefficient (Wildman–Crippen LogP) is 3.79. The van der Waals surface area contributed by atoms with Gasteiger partial charge in [0.05, 0.1) is 19.6 Å². The molecule has 1 aliphatic carbocycles. The predicted molar refractivity (Wildman–Crippen MR) is 123 cm³/mol. The number of carbonyl (C=O) groups is 1. The minimum absolute atomic E-state index is 0. The maximum absolute atomic E-state index is 12.7. The van der Waals surface area contributed by atoms with Crippen LogP contribution in [0.2, 0.25) is 0 Å². The highest BCUT2D eigenvalue weighted by Gasteiger charge is 2.33. The summed E-state index contributed by atoms with van der Waals surface area (Å²) in [5, 5.41) is 2.31. The van der Waals surface area contributed by atoms with Crippen molar-refractivity contribution in [3.8, 4) is 0 Å². The van der Waals surface area contributed by atoms with Crippen molar-refractivity contribution in [3.63, 3.8) is 0 Å². The van der Waals surface area contributed by atoms with Gasteiger partial charge >= 0.3 is 5.97 Å². The Morgan fingerprint density at radius 3 is 2.54 bits per heavy atom. The number of esters is 1. The second kappa shape index (κ2) is 11.1. The lowest BCUT2D eigenvalue weighted by Crippen LogP contribution is -2.51. The Labute approximate surface area is 181 Å². The average Bonchev–Trinajstić information content (AvgIpc) is 2.69. The van der Waals surface area contributed by atoms with Gasteiger partial charge in [-0.15, -0.1) is 0 Å². The van der Waals surface area contributed by atoms with Gasteiger partial charge in [0.2, 0.25) is 0 Å². The maximum atomic E-state index is 12.7. The first-order chi connectivity index (χ1) is 12.8. The third-order valence-electron chi connectivity index (χ3n) is 5.68. The van der Waals surface area contributed by atoms with E-state index in [9.17, 15) is 4.79 Å². The lowest BCUT2D eigenvalue weighted by Gasteiger charge is -2.41. The molecule has 6 heteroatoms. The largest absolute Gasteiger partial charge is 0.460 e. The topological polar surface area (TPSA) is 38.8 Å². The highest BCUT2D eigenvalue weighted by Crippen LogP contribution is 2.27. The molecule has 1 saturated carbocycles. The summed E-state index contributed by atoms with van der Waals surface area (Å²) >= 11 is 0. The zero-order chi connectivity index (χ0) is 17.8. The Hall–Kier alpha value is -1.21. The molecule has 2 fully saturated rings. The Bertz CT molecular complexity index is 759. The summed E-state index contributed by atoms with van der Waals surface area (Å²) in [6, 6.07) is 14.7. The monoisotopic (exact) mass is 421 g/mol. The number of hydrogen-bond donors (Lipinski definition) is 0. The van der Waals surface area contributed by atoms with Crippen LogP contribution < -0.4 is 0 Å². The zero-order valence-corrected chi connectivity index (χ0v) is 18.2. The summed E-state index contributed by atoms with van der Waals surface area (Å²) in [4.78, 5) is 15.1. The Morgan fingerprint density at radius 2 is 1.71 bits per heavy atom. The van der Waals surface area contributed by atoms with Crippen molar-refractivity contribution < 1.29 is 14.3 Å². The Morgan fingerprint density at radius 1 is 1.00 bits per heavy atom. The van der Waals surface area contributed by atoms with E-state index in [1.165, 1.54) is 11.8 Å². The summed E-state index contributed by atoms with van der Waals surface area (Å²) in [5.41, 5.74) is 1.05. The number of carbonyl (C=O) groups excluding carboxylic acids is 1. The number of benzene rings is 2. The Balaban J connectivity index is 0.00000140. The van der Waals surface area contributed by atoms with Gasteiger partial charge in [0, 0.05) is 19.1 Å². The van der Waals surface area contributed by atoms with E-state index in [0.29, 0.717) is 12.5 Å². The normalized spacial score (nSPS) is 22.7. The molecule has 2 aromatic rings. The quantitative estimate of drug-likeness (QED) is 0.704. The van der Waals surface area contributed by atoms with Crippen LogP contribution in [0, 0.1) is 0 Å². The van der Waals surface area contributed by atoms with E-state index >= 15 is 0 Å². The molecule has 154 valence electrons. The van der Waals surface area contributed by atoms with E-state index in [-0.39, 0.29) is 39.1 Å². The van der Waals surface area contributed by atoms with Crippen LogP contribution in [-0.2, 0) is 20.7 Å². The van der Waals surface area contributed by atoms with Crippen LogP contribution in [0.15, 0.2) is 42.5 Å². The minimum Gasteiger partial charge on any atom is -0.460 e. The summed E-state index contributed by atoms with van der Waals surface area (Å²) in [7, 11) is 0. The van der Waals surface area contributed by atoms with Gasteiger partial charge in [-0.05, 0) is 35.6 Å². The van der Waals surface area contributed by atoms with Crippen molar-refractivity contribution in [3.05, 3.63) is 48.0 Å². The molecule has 0 amide bonds. The smallest absolute Gasteiger partial charge is 0.310 e. The molecule has 2 atom stereocenters. The molecule has 0 N–H and O–H groups in total. The second-order valence-corrected chi connectivity index (χ2v) is 7.34. The van der Waals surface area contributed by atoms with Crippen LogP contribution in [0.1, 0.15) is 31.2 Å². The van der Waals surface area contributed by atoms with Crippen molar-refractivity contribution in [1.82, 2.24) is 4.90 Å². The molecule has 0 spiro atoms. The average molecular weight is 422 g/mol. The van der Waals surface area contributed by atoms with Crippen LogP contribution in [0.4, 0.5) is 0 Å². The summed E-state index contributed by atoms with van der Waals surface area (Å²) in [5.74, 6) is -0.105. The zero-order valence-electron chi connectivity index (χ0n) is 16.2. The number of rotatable bonds is 4. The number of hydrogen-bond acceptors (Lipinski definition) is 4. The van der Waals surface area contributed by atoms with Gasteiger partial charge in [-0.3, -0.25) is 9.69 Å². The molecule has 1 heterocycles. The van der Waals surface area contributed by atoms with Gasteiger partial charge < -0.3 is 9.47 Å². The second-order valence-electron chi connectivity index (χ2n) is 7.34. The fourth-order valence-electron chi connectivity index (χ4n) is 4.35. The fraction of sp³-hybridized carbons (Fsp3) is 0.500. The lowest BCUT2D eigenvalue weighted by molar-refractivity contribution is -0.155. The van der Waals surface area contributed by atoms with Gasteiger partial charge in [-0.1, -0.05) is 48.9 Å². The maximum Gasteiger partial charge on any atom is 0.310 e. The van der Waals surface area contributed by atoms with Crippen LogP contribution in [-0.4, -0.2) is 49.3 Å². The number of ether oxygens (including phenoxy) is 2. The van der Waals surface area contributed by atoms with Crippen LogP contribution in [0.25, 0.3) is 10.8 Å². The van der Waals surface area contributed by atoms with Gasteiger partial charge in [-0.2, -0.15) is 27.0 Å². The highest BCUT2D eigenvalue weighted by molar-refractivity contribution is 7.59. The van der Waals surface area contributed by atoms with Gasteiger partial charge in [-0.25, -0.2) is 0 Å². The first-order valence-electron chi connectivity index (χ1n) is 9.79. The first kappa shape index (κ1) is 23.1. The number of fused-ring (bicyclic) bond motifs is 1. The molecule has 2 aliphatic rings. The molecule has 0 radical (unpaired) electrons. The molecule has 28 heavy (non-hydrogen) atoms. The molecule has 4 nitrogen and oxygen atoms in total. The molecule has 4 rings (SSSR count). The Kier molecular flexibility index (Phi) is 9.15. The van der Waals surface area contributed by atoms with Crippen LogP contribution >= 0.6 is 27.0 Å². The minimum atomic E-state index is -0.105. The number of nitrogens with zero attached hydrogens (tertiary/aromatic N) is 1. The van der Waals surface area contributed by atoms with Gasteiger partial charge in [0.25, 0.3) is 0 Å². The van der Waals surface area contributed by atoms with E-state index in [2.05, 4.69) is 23.1 Å².